The number of rotatable bonds is 6. The number of aliphatic hydroxyl groups is 1. The Balaban J connectivity index is 3.44. The van der Waals surface area contributed by atoms with Gasteiger partial charge in [-0.25, -0.2) is 0 Å². The Bertz CT molecular complexity index is 200. The summed E-state index contributed by atoms with van der Waals surface area (Å²) < 4.78 is 28.9. The van der Waals surface area contributed by atoms with Crippen LogP contribution in [0.15, 0.2) is 0 Å². The third kappa shape index (κ3) is 8.32. The summed E-state index contributed by atoms with van der Waals surface area (Å²) >= 11 is 4.10. The Labute approximate surface area is 78.1 Å². The van der Waals surface area contributed by atoms with E-state index in [-0.39, 0.29) is 17.6 Å². The first-order valence-corrected chi connectivity index (χ1v) is 5.82. The second-order valence-electron chi connectivity index (χ2n) is 2.59. The fourth-order valence-corrected chi connectivity index (χ4v) is 1.62. The molecule has 74 valence electrons. The topological polar surface area (TPSA) is 74.6 Å². The monoisotopic (exact) mass is 214 g/mol. The van der Waals surface area contributed by atoms with Crippen molar-refractivity contribution in [3.8, 4) is 0 Å². The van der Waals surface area contributed by atoms with Gasteiger partial charge in [-0.15, -0.1) is 0 Å². The number of aliphatic hydroxyl groups excluding tert-OH is 1. The first-order chi connectivity index (χ1) is 5.45. The lowest BCUT2D eigenvalue weighted by atomic mass is 10.2. The van der Waals surface area contributed by atoms with Crippen LogP contribution in [0.2, 0.25) is 0 Å². The molecular formula is C6H14O4S2. The normalized spacial score (nSPS) is 14.6. The maximum Gasteiger partial charge on any atom is 0.264 e. The molecule has 0 radical (unpaired) electrons. The van der Waals surface area contributed by atoms with E-state index in [1.54, 1.807) is 0 Å². The molecule has 0 aromatic heterocycles. The van der Waals surface area contributed by atoms with Gasteiger partial charge in [0, 0.05) is 11.9 Å². The Morgan fingerprint density at radius 1 is 1.33 bits per heavy atom. The van der Waals surface area contributed by atoms with Crippen LogP contribution in [-0.4, -0.2) is 35.7 Å². The molecule has 1 atom stereocenters. The smallest absolute Gasteiger partial charge is 0.264 e. The van der Waals surface area contributed by atoms with E-state index >= 15 is 0 Å². The van der Waals surface area contributed by atoms with Gasteiger partial charge in [0.2, 0.25) is 0 Å². The van der Waals surface area contributed by atoms with Gasteiger partial charge in [0.25, 0.3) is 10.1 Å². The van der Waals surface area contributed by atoms with Gasteiger partial charge < -0.3 is 5.11 Å². The summed E-state index contributed by atoms with van der Waals surface area (Å²) in [5.41, 5.74) is 0. The van der Waals surface area contributed by atoms with Crippen molar-refractivity contribution in [3.05, 3.63) is 0 Å². The van der Waals surface area contributed by atoms with Crippen LogP contribution in [0.3, 0.4) is 0 Å². The minimum absolute atomic E-state index is 0.0109. The Hall–Kier alpha value is 0.220. The van der Waals surface area contributed by atoms with E-state index in [0.29, 0.717) is 19.3 Å². The molecule has 0 heterocycles. The molecule has 0 fully saturated rings. The number of hydrogen-bond donors (Lipinski definition) is 3. The first-order valence-electron chi connectivity index (χ1n) is 3.70. The van der Waals surface area contributed by atoms with Crippen molar-refractivity contribution in [3.63, 3.8) is 0 Å². The SMILES string of the molecule is O=S(=O)(O)CCCC(S)CCO. The van der Waals surface area contributed by atoms with Gasteiger partial charge in [-0.2, -0.15) is 21.0 Å². The third-order valence-corrected chi connectivity index (χ3v) is 2.72. The van der Waals surface area contributed by atoms with Crippen LogP contribution in [0.4, 0.5) is 0 Å². The standard InChI is InChI=1S/C6H14O4S2/c7-4-3-6(11)2-1-5-12(8,9)10/h6-7,11H,1-5H2,(H,8,9,10). The van der Waals surface area contributed by atoms with Crippen molar-refractivity contribution in [2.24, 2.45) is 0 Å². The summed E-state index contributed by atoms with van der Waals surface area (Å²) in [5.74, 6) is -0.227. The van der Waals surface area contributed by atoms with Crippen LogP contribution >= 0.6 is 12.6 Å². The molecule has 0 amide bonds. The summed E-state index contributed by atoms with van der Waals surface area (Å²) in [6.07, 6.45) is 1.52. The number of thiol groups is 1. The van der Waals surface area contributed by atoms with Crippen LogP contribution in [0.25, 0.3) is 0 Å². The highest BCUT2D eigenvalue weighted by Gasteiger charge is 2.07. The summed E-state index contributed by atoms with van der Waals surface area (Å²) in [5, 5.41) is 8.49. The second-order valence-corrected chi connectivity index (χ2v) is 4.90. The molecule has 0 aliphatic heterocycles. The molecule has 0 aromatic rings. The second kappa shape index (κ2) is 5.80. The lowest BCUT2D eigenvalue weighted by molar-refractivity contribution is 0.285. The molecule has 1 unspecified atom stereocenters. The van der Waals surface area contributed by atoms with Crippen molar-refractivity contribution in [2.45, 2.75) is 24.5 Å². The predicted molar refractivity (Wildman–Crippen MR) is 50.1 cm³/mol. The quantitative estimate of drug-likeness (QED) is 0.440. The van der Waals surface area contributed by atoms with Crippen LogP contribution in [0.1, 0.15) is 19.3 Å². The molecule has 2 N–H and O–H groups in total. The van der Waals surface area contributed by atoms with E-state index in [9.17, 15) is 8.42 Å². The largest absolute Gasteiger partial charge is 0.396 e. The van der Waals surface area contributed by atoms with Crippen LogP contribution in [0, 0.1) is 0 Å². The molecule has 6 heteroatoms. The summed E-state index contributed by atoms with van der Waals surface area (Å²) in [4.78, 5) is 0. The van der Waals surface area contributed by atoms with Crippen LogP contribution in [-0.2, 0) is 10.1 Å². The molecule has 0 aliphatic rings. The summed E-state index contributed by atoms with van der Waals surface area (Å²) in [6, 6.07) is 0. The Morgan fingerprint density at radius 3 is 2.33 bits per heavy atom. The highest BCUT2D eigenvalue weighted by atomic mass is 32.2. The minimum atomic E-state index is -3.83. The third-order valence-electron chi connectivity index (χ3n) is 1.40. The van der Waals surface area contributed by atoms with Gasteiger partial charge in [0.05, 0.1) is 5.75 Å². The van der Waals surface area contributed by atoms with Gasteiger partial charge in [-0.1, -0.05) is 0 Å². The van der Waals surface area contributed by atoms with Gasteiger partial charge in [0.15, 0.2) is 0 Å². The fourth-order valence-electron chi connectivity index (χ4n) is 0.795. The van der Waals surface area contributed by atoms with E-state index in [2.05, 4.69) is 12.6 Å². The van der Waals surface area contributed by atoms with Gasteiger partial charge in [0.1, 0.15) is 0 Å². The highest BCUT2D eigenvalue weighted by Crippen LogP contribution is 2.09. The average molecular weight is 214 g/mol. The lowest BCUT2D eigenvalue weighted by Gasteiger charge is -2.06. The maximum absolute atomic E-state index is 10.3. The zero-order valence-electron chi connectivity index (χ0n) is 6.68. The van der Waals surface area contributed by atoms with Crippen molar-refractivity contribution < 1.29 is 18.1 Å². The molecule has 0 rings (SSSR count). The maximum atomic E-state index is 10.3. The van der Waals surface area contributed by atoms with Crippen LogP contribution in [0.5, 0.6) is 0 Å². The average Bonchev–Trinajstić information content (AvgIpc) is 1.84. The molecule has 0 bridgehead atoms. The molecular weight excluding hydrogens is 200 g/mol. The fraction of sp³-hybridized carbons (Fsp3) is 1.00. The summed E-state index contributed by atoms with van der Waals surface area (Å²) in [7, 11) is -3.83. The van der Waals surface area contributed by atoms with E-state index in [0.717, 1.165) is 0 Å². The van der Waals surface area contributed by atoms with E-state index in [1.165, 1.54) is 0 Å². The van der Waals surface area contributed by atoms with Crippen molar-refractivity contribution in [1.29, 1.82) is 0 Å². The minimum Gasteiger partial charge on any atom is -0.396 e. The van der Waals surface area contributed by atoms with E-state index < -0.39 is 10.1 Å². The van der Waals surface area contributed by atoms with E-state index in [1.807, 2.05) is 0 Å². The van der Waals surface area contributed by atoms with E-state index in [4.69, 9.17) is 9.66 Å². The van der Waals surface area contributed by atoms with Crippen molar-refractivity contribution >= 4 is 22.7 Å². The van der Waals surface area contributed by atoms with Crippen molar-refractivity contribution in [1.82, 2.24) is 0 Å². The van der Waals surface area contributed by atoms with Crippen LogP contribution < -0.4 is 0 Å². The molecule has 0 aromatic carbocycles. The molecule has 4 nitrogen and oxygen atoms in total. The highest BCUT2D eigenvalue weighted by molar-refractivity contribution is 7.85. The number of hydrogen-bond acceptors (Lipinski definition) is 4. The molecule has 12 heavy (non-hydrogen) atoms. The summed E-state index contributed by atoms with van der Waals surface area (Å²) in [6.45, 7) is 0.0556. The first kappa shape index (κ1) is 12.2. The molecule has 0 spiro atoms. The van der Waals surface area contributed by atoms with Gasteiger partial charge in [-0.05, 0) is 19.3 Å². The zero-order chi connectivity index (χ0) is 9.61. The van der Waals surface area contributed by atoms with Gasteiger partial charge >= 0.3 is 0 Å². The molecule has 0 saturated carbocycles. The van der Waals surface area contributed by atoms with Crippen molar-refractivity contribution in [2.75, 3.05) is 12.4 Å². The molecule has 0 aliphatic carbocycles. The Kier molecular flexibility index (Phi) is 5.90. The van der Waals surface area contributed by atoms with Gasteiger partial charge in [-0.3, -0.25) is 4.55 Å². The zero-order valence-corrected chi connectivity index (χ0v) is 8.39. The molecule has 0 saturated heterocycles. The lowest BCUT2D eigenvalue weighted by Crippen LogP contribution is -2.08. The Morgan fingerprint density at radius 2 is 1.92 bits per heavy atom. The predicted octanol–water partition coefficient (Wildman–Crippen LogP) is 0.335.